The number of aryl methyl sites for hydroxylation is 1. The van der Waals surface area contributed by atoms with Gasteiger partial charge >= 0.3 is 0 Å². The minimum atomic E-state index is 0.383. The Morgan fingerprint density at radius 1 is 1.22 bits per heavy atom. The van der Waals surface area contributed by atoms with Crippen molar-refractivity contribution in [1.82, 2.24) is 15.1 Å². The van der Waals surface area contributed by atoms with E-state index in [0.717, 1.165) is 5.56 Å². The van der Waals surface area contributed by atoms with Crippen molar-refractivity contribution in [3.63, 3.8) is 0 Å². The van der Waals surface area contributed by atoms with Crippen LogP contribution in [0.15, 0.2) is 39.6 Å². The first-order valence-electron chi connectivity index (χ1n) is 5.34. The second-order valence-electron chi connectivity index (χ2n) is 3.83. The smallest absolute Gasteiger partial charge is 0.259 e. The predicted molar refractivity (Wildman–Crippen MR) is 64.4 cm³/mol. The summed E-state index contributed by atoms with van der Waals surface area (Å²) in [4.78, 5) is 8.23. The van der Waals surface area contributed by atoms with Crippen molar-refractivity contribution in [2.45, 2.75) is 6.92 Å². The van der Waals surface area contributed by atoms with E-state index < -0.39 is 0 Å². The molecule has 0 saturated heterocycles. The Morgan fingerprint density at radius 2 is 2.11 bits per heavy atom. The summed E-state index contributed by atoms with van der Waals surface area (Å²) in [6.45, 7) is 1.92. The number of nitrogen functional groups attached to an aromatic ring is 1. The normalized spacial score (nSPS) is 10.7. The van der Waals surface area contributed by atoms with E-state index in [4.69, 9.17) is 14.7 Å². The topological polar surface area (TPSA) is 91.0 Å². The molecular formula is C12H10N4O2. The lowest BCUT2D eigenvalue weighted by molar-refractivity contribution is 0.429. The van der Waals surface area contributed by atoms with Crippen LogP contribution in [0.4, 0.5) is 5.82 Å². The van der Waals surface area contributed by atoms with Crippen LogP contribution < -0.4 is 5.73 Å². The van der Waals surface area contributed by atoms with Crippen molar-refractivity contribution in [3.05, 3.63) is 36.2 Å². The van der Waals surface area contributed by atoms with Crippen molar-refractivity contribution in [1.29, 1.82) is 0 Å². The molecule has 2 N–H and O–H groups in total. The van der Waals surface area contributed by atoms with Gasteiger partial charge in [-0.05, 0) is 30.7 Å². The van der Waals surface area contributed by atoms with Crippen LogP contribution in [-0.2, 0) is 0 Å². The second-order valence-corrected chi connectivity index (χ2v) is 3.83. The summed E-state index contributed by atoms with van der Waals surface area (Å²) in [6, 6.07) is 5.29. The number of nitrogens with two attached hydrogens (primary N) is 1. The number of pyridine rings is 1. The van der Waals surface area contributed by atoms with Gasteiger partial charge in [0.2, 0.25) is 5.82 Å². The lowest BCUT2D eigenvalue weighted by atomic mass is 10.2. The lowest BCUT2D eigenvalue weighted by Gasteiger charge is -1.93. The number of rotatable bonds is 2. The maximum atomic E-state index is 5.51. The van der Waals surface area contributed by atoms with Crippen molar-refractivity contribution < 1.29 is 8.94 Å². The third-order valence-corrected chi connectivity index (χ3v) is 2.52. The molecule has 0 aliphatic rings. The number of aromatic nitrogens is 3. The highest BCUT2D eigenvalue weighted by atomic mass is 16.5. The summed E-state index contributed by atoms with van der Waals surface area (Å²) in [5.74, 6) is 1.85. The molecule has 0 radical (unpaired) electrons. The van der Waals surface area contributed by atoms with E-state index in [2.05, 4.69) is 15.1 Å². The summed E-state index contributed by atoms with van der Waals surface area (Å²) in [5.41, 5.74) is 7.19. The highest BCUT2D eigenvalue weighted by Gasteiger charge is 2.14. The van der Waals surface area contributed by atoms with Crippen LogP contribution in [-0.4, -0.2) is 15.1 Å². The molecule has 0 aromatic carbocycles. The molecule has 0 spiro atoms. The molecule has 0 aliphatic heterocycles. The first-order valence-corrected chi connectivity index (χ1v) is 5.34. The van der Waals surface area contributed by atoms with E-state index in [1.54, 1.807) is 24.6 Å². The van der Waals surface area contributed by atoms with Crippen molar-refractivity contribution in [2.24, 2.45) is 0 Å². The Morgan fingerprint density at radius 3 is 2.78 bits per heavy atom. The molecule has 18 heavy (non-hydrogen) atoms. The molecule has 6 nitrogen and oxygen atoms in total. The standard InChI is InChI=1S/C12H10N4O2/c1-7-4-5-17-10(7)11-15-12(18-16-11)8-2-3-9(13)14-6-8/h2-6H,1H3,(H2,13,14). The summed E-state index contributed by atoms with van der Waals surface area (Å²) < 4.78 is 10.5. The van der Waals surface area contributed by atoms with Gasteiger partial charge < -0.3 is 14.7 Å². The summed E-state index contributed by atoms with van der Waals surface area (Å²) >= 11 is 0. The molecule has 3 heterocycles. The molecule has 90 valence electrons. The van der Waals surface area contributed by atoms with E-state index in [1.165, 1.54) is 0 Å². The molecule has 3 rings (SSSR count). The van der Waals surface area contributed by atoms with E-state index in [0.29, 0.717) is 28.9 Å². The van der Waals surface area contributed by atoms with E-state index in [9.17, 15) is 0 Å². The molecule has 0 bridgehead atoms. The van der Waals surface area contributed by atoms with E-state index in [1.807, 2.05) is 13.0 Å². The fourth-order valence-electron chi connectivity index (χ4n) is 1.57. The van der Waals surface area contributed by atoms with Gasteiger partial charge in [-0.2, -0.15) is 4.98 Å². The molecule has 0 atom stereocenters. The molecule has 0 unspecified atom stereocenters. The van der Waals surface area contributed by atoms with Gasteiger partial charge in [0, 0.05) is 6.20 Å². The number of hydrogen-bond acceptors (Lipinski definition) is 6. The van der Waals surface area contributed by atoms with Crippen molar-refractivity contribution in [2.75, 3.05) is 5.73 Å². The minimum absolute atomic E-state index is 0.383. The number of furan rings is 1. The Kier molecular flexibility index (Phi) is 2.33. The van der Waals surface area contributed by atoms with Crippen LogP contribution in [0.2, 0.25) is 0 Å². The minimum Gasteiger partial charge on any atom is -0.461 e. The maximum absolute atomic E-state index is 5.51. The molecule has 0 aliphatic carbocycles. The Balaban J connectivity index is 1.99. The van der Waals surface area contributed by atoms with Gasteiger partial charge in [0.25, 0.3) is 5.89 Å². The van der Waals surface area contributed by atoms with Crippen LogP contribution in [0.3, 0.4) is 0 Å². The van der Waals surface area contributed by atoms with Gasteiger partial charge in [-0.25, -0.2) is 4.98 Å². The van der Waals surface area contributed by atoms with Crippen molar-refractivity contribution >= 4 is 5.82 Å². The Bertz CT molecular complexity index is 669. The monoisotopic (exact) mass is 242 g/mol. The average molecular weight is 242 g/mol. The number of hydrogen-bond donors (Lipinski definition) is 1. The molecule has 0 amide bonds. The van der Waals surface area contributed by atoms with E-state index >= 15 is 0 Å². The molecule has 0 fully saturated rings. The zero-order valence-electron chi connectivity index (χ0n) is 9.62. The fraction of sp³-hybridized carbons (Fsp3) is 0.0833. The summed E-state index contributed by atoms with van der Waals surface area (Å²) in [6.07, 6.45) is 3.17. The number of anilines is 1. The third-order valence-electron chi connectivity index (χ3n) is 2.52. The van der Waals surface area contributed by atoms with Gasteiger partial charge in [-0.3, -0.25) is 0 Å². The van der Waals surface area contributed by atoms with Crippen LogP contribution in [0.5, 0.6) is 0 Å². The first-order chi connectivity index (χ1) is 8.74. The van der Waals surface area contributed by atoms with Crippen LogP contribution >= 0.6 is 0 Å². The quantitative estimate of drug-likeness (QED) is 0.741. The zero-order chi connectivity index (χ0) is 12.5. The largest absolute Gasteiger partial charge is 0.461 e. The molecule has 3 aromatic rings. The van der Waals surface area contributed by atoms with E-state index in [-0.39, 0.29) is 0 Å². The van der Waals surface area contributed by atoms with Crippen molar-refractivity contribution in [3.8, 4) is 23.0 Å². The summed E-state index contributed by atoms with van der Waals surface area (Å²) in [7, 11) is 0. The maximum Gasteiger partial charge on any atom is 0.259 e. The molecule has 6 heteroatoms. The van der Waals surface area contributed by atoms with Gasteiger partial charge in [0.05, 0.1) is 11.8 Å². The van der Waals surface area contributed by atoms with Crippen LogP contribution in [0, 0.1) is 6.92 Å². The second kappa shape index (κ2) is 3.99. The van der Waals surface area contributed by atoms with Crippen LogP contribution in [0.25, 0.3) is 23.0 Å². The van der Waals surface area contributed by atoms with Gasteiger partial charge in [0.1, 0.15) is 5.82 Å². The Hall–Kier alpha value is -2.63. The van der Waals surface area contributed by atoms with Crippen LogP contribution in [0.1, 0.15) is 5.56 Å². The Labute approximate surface area is 102 Å². The molecule has 3 aromatic heterocycles. The number of nitrogens with zero attached hydrogens (tertiary/aromatic N) is 3. The lowest BCUT2D eigenvalue weighted by Crippen LogP contribution is -1.89. The van der Waals surface area contributed by atoms with Gasteiger partial charge in [-0.1, -0.05) is 5.16 Å². The SMILES string of the molecule is Cc1ccoc1-c1noc(-c2ccc(N)nc2)n1. The molecule has 0 saturated carbocycles. The highest BCUT2D eigenvalue weighted by Crippen LogP contribution is 2.24. The summed E-state index contributed by atoms with van der Waals surface area (Å²) in [5, 5.41) is 3.88. The predicted octanol–water partition coefficient (Wildman–Crippen LogP) is 2.28. The average Bonchev–Trinajstić information content (AvgIpc) is 2.98. The van der Waals surface area contributed by atoms with Gasteiger partial charge in [-0.15, -0.1) is 0 Å². The third kappa shape index (κ3) is 1.73. The molecular weight excluding hydrogens is 232 g/mol. The highest BCUT2D eigenvalue weighted by molar-refractivity contribution is 5.58. The van der Waals surface area contributed by atoms with Gasteiger partial charge in [0.15, 0.2) is 5.76 Å². The fourth-order valence-corrected chi connectivity index (χ4v) is 1.57. The first kappa shape index (κ1) is 10.5. The zero-order valence-corrected chi connectivity index (χ0v) is 9.62.